The summed E-state index contributed by atoms with van der Waals surface area (Å²) < 4.78 is 0. The second-order valence-electron chi connectivity index (χ2n) is 3.09. The Hall–Kier alpha value is -1.09. The standard InChI is InChI=1S/C10H17N3/c1-3-4-10(2)9-12-13-7-5-11-6-8-13/h3-4,9,11H,1,5-8H2,2H3/b10-4-,12-9-. The van der Waals surface area contributed by atoms with Gasteiger partial charge >= 0.3 is 0 Å². The molecule has 0 unspecified atom stereocenters. The first-order valence-electron chi connectivity index (χ1n) is 4.62. The Morgan fingerprint density at radius 1 is 1.46 bits per heavy atom. The molecule has 0 aliphatic carbocycles. The first-order chi connectivity index (χ1) is 6.33. The third-order valence-electron chi connectivity index (χ3n) is 1.90. The lowest BCUT2D eigenvalue weighted by molar-refractivity contribution is 0.253. The van der Waals surface area contributed by atoms with Crippen LogP contribution in [0.25, 0.3) is 0 Å². The van der Waals surface area contributed by atoms with E-state index in [1.165, 1.54) is 0 Å². The number of nitrogens with zero attached hydrogens (tertiary/aromatic N) is 2. The van der Waals surface area contributed by atoms with Crippen LogP contribution in [0.15, 0.2) is 29.4 Å². The zero-order chi connectivity index (χ0) is 9.52. The maximum Gasteiger partial charge on any atom is 0.0499 e. The van der Waals surface area contributed by atoms with Gasteiger partial charge in [0, 0.05) is 32.4 Å². The molecule has 1 saturated heterocycles. The predicted molar refractivity (Wildman–Crippen MR) is 56.9 cm³/mol. The molecule has 3 nitrogen and oxygen atoms in total. The van der Waals surface area contributed by atoms with Gasteiger partial charge in [0.2, 0.25) is 0 Å². The SMILES string of the molecule is C=C/C=C(C)\C=N/N1CCNCC1. The average molecular weight is 179 g/mol. The number of hydrogen-bond acceptors (Lipinski definition) is 3. The minimum absolute atomic E-state index is 0.998. The number of hydrogen-bond donors (Lipinski definition) is 1. The summed E-state index contributed by atoms with van der Waals surface area (Å²) >= 11 is 0. The van der Waals surface area contributed by atoms with Crippen LogP contribution in [0, 0.1) is 0 Å². The Balaban J connectivity index is 2.37. The van der Waals surface area contributed by atoms with Gasteiger partial charge in [0.15, 0.2) is 0 Å². The van der Waals surface area contributed by atoms with Gasteiger partial charge in [-0.15, -0.1) is 0 Å². The normalized spacial score (nSPS) is 19.5. The fraction of sp³-hybridized carbons (Fsp3) is 0.500. The fourth-order valence-corrected chi connectivity index (χ4v) is 1.17. The van der Waals surface area contributed by atoms with Gasteiger partial charge in [0.25, 0.3) is 0 Å². The third-order valence-corrected chi connectivity index (χ3v) is 1.90. The Kier molecular flexibility index (Phi) is 4.26. The molecule has 1 N–H and O–H groups in total. The highest BCUT2D eigenvalue weighted by atomic mass is 15.5. The van der Waals surface area contributed by atoms with Crippen molar-refractivity contribution < 1.29 is 0 Å². The van der Waals surface area contributed by atoms with Crippen LogP contribution in [0.5, 0.6) is 0 Å². The molecule has 0 aromatic rings. The Morgan fingerprint density at radius 3 is 2.77 bits per heavy atom. The van der Waals surface area contributed by atoms with Crippen LogP contribution in [0.2, 0.25) is 0 Å². The van der Waals surface area contributed by atoms with E-state index in [-0.39, 0.29) is 0 Å². The van der Waals surface area contributed by atoms with E-state index in [4.69, 9.17) is 0 Å². The number of allylic oxidation sites excluding steroid dienone is 3. The fourth-order valence-electron chi connectivity index (χ4n) is 1.17. The topological polar surface area (TPSA) is 27.6 Å². The van der Waals surface area contributed by atoms with Gasteiger partial charge in [0.05, 0.1) is 0 Å². The van der Waals surface area contributed by atoms with E-state index in [2.05, 4.69) is 22.0 Å². The second kappa shape index (κ2) is 5.54. The highest BCUT2D eigenvalue weighted by Crippen LogP contribution is 1.94. The quantitative estimate of drug-likeness (QED) is 0.517. The molecule has 1 aliphatic heterocycles. The van der Waals surface area contributed by atoms with Gasteiger partial charge in [-0.05, 0) is 12.5 Å². The summed E-state index contributed by atoms with van der Waals surface area (Å²) in [6.07, 6.45) is 5.61. The van der Waals surface area contributed by atoms with Crippen molar-refractivity contribution in [3.63, 3.8) is 0 Å². The van der Waals surface area contributed by atoms with Crippen molar-refractivity contribution in [1.82, 2.24) is 10.3 Å². The predicted octanol–water partition coefficient (Wildman–Crippen LogP) is 1.01. The minimum Gasteiger partial charge on any atom is -0.313 e. The average Bonchev–Trinajstić information content (AvgIpc) is 2.17. The lowest BCUT2D eigenvalue weighted by Gasteiger charge is -2.24. The molecule has 13 heavy (non-hydrogen) atoms. The summed E-state index contributed by atoms with van der Waals surface area (Å²) in [7, 11) is 0. The molecule has 0 amide bonds. The van der Waals surface area contributed by atoms with Gasteiger partial charge in [-0.25, -0.2) is 0 Å². The maximum absolute atomic E-state index is 4.35. The monoisotopic (exact) mass is 179 g/mol. The van der Waals surface area contributed by atoms with E-state index in [1.807, 2.05) is 19.2 Å². The van der Waals surface area contributed by atoms with Crippen LogP contribution in [0.3, 0.4) is 0 Å². The van der Waals surface area contributed by atoms with E-state index in [0.717, 1.165) is 31.8 Å². The van der Waals surface area contributed by atoms with Crippen molar-refractivity contribution in [2.24, 2.45) is 5.10 Å². The van der Waals surface area contributed by atoms with Crippen molar-refractivity contribution in [2.45, 2.75) is 6.92 Å². The molecule has 1 aliphatic rings. The van der Waals surface area contributed by atoms with Crippen LogP contribution >= 0.6 is 0 Å². The minimum atomic E-state index is 0.998. The Bertz CT molecular complexity index is 212. The summed E-state index contributed by atoms with van der Waals surface area (Å²) in [5, 5.41) is 9.72. The number of rotatable bonds is 3. The van der Waals surface area contributed by atoms with Crippen molar-refractivity contribution >= 4 is 6.21 Å². The van der Waals surface area contributed by atoms with Crippen LogP contribution < -0.4 is 5.32 Å². The molecule has 1 rings (SSSR count). The smallest absolute Gasteiger partial charge is 0.0499 e. The van der Waals surface area contributed by atoms with Crippen LogP contribution in [-0.2, 0) is 0 Å². The van der Waals surface area contributed by atoms with Gasteiger partial charge < -0.3 is 5.32 Å². The molecule has 0 spiro atoms. The van der Waals surface area contributed by atoms with Gasteiger partial charge in [-0.2, -0.15) is 5.10 Å². The highest BCUT2D eigenvalue weighted by Gasteiger charge is 2.04. The molecule has 72 valence electrons. The van der Waals surface area contributed by atoms with E-state index < -0.39 is 0 Å². The molecular weight excluding hydrogens is 162 g/mol. The summed E-state index contributed by atoms with van der Waals surface area (Å²) in [5.74, 6) is 0. The van der Waals surface area contributed by atoms with Crippen LogP contribution in [-0.4, -0.2) is 37.4 Å². The van der Waals surface area contributed by atoms with Gasteiger partial charge in [-0.3, -0.25) is 5.01 Å². The van der Waals surface area contributed by atoms with Crippen molar-refractivity contribution in [2.75, 3.05) is 26.2 Å². The molecule has 0 aromatic heterocycles. The maximum atomic E-state index is 4.35. The molecule has 0 atom stereocenters. The molecule has 1 heterocycles. The molecule has 1 fully saturated rings. The lowest BCUT2D eigenvalue weighted by Crippen LogP contribution is -2.40. The van der Waals surface area contributed by atoms with Gasteiger partial charge in [0.1, 0.15) is 0 Å². The molecule has 3 heteroatoms. The highest BCUT2D eigenvalue weighted by molar-refractivity contribution is 5.77. The molecule has 0 bridgehead atoms. The first-order valence-corrected chi connectivity index (χ1v) is 4.62. The molecule has 0 radical (unpaired) electrons. The summed E-state index contributed by atoms with van der Waals surface area (Å²) in [6, 6.07) is 0. The summed E-state index contributed by atoms with van der Waals surface area (Å²) in [5.41, 5.74) is 1.13. The van der Waals surface area contributed by atoms with E-state index >= 15 is 0 Å². The van der Waals surface area contributed by atoms with Crippen molar-refractivity contribution in [3.8, 4) is 0 Å². The summed E-state index contributed by atoms with van der Waals surface area (Å²) in [6.45, 7) is 9.71. The third kappa shape index (κ3) is 3.90. The Morgan fingerprint density at radius 2 is 2.15 bits per heavy atom. The largest absolute Gasteiger partial charge is 0.313 e. The number of nitrogens with one attached hydrogen (secondary N) is 1. The van der Waals surface area contributed by atoms with E-state index in [1.54, 1.807) is 6.08 Å². The molecule has 0 saturated carbocycles. The zero-order valence-corrected chi connectivity index (χ0v) is 8.16. The van der Waals surface area contributed by atoms with Crippen LogP contribution in [0.4, 0.5) is 0 Å². The first kappa shape index (κ1) is 9.99. The van der Waals surface area contributed by atoms with Crippen LogP contribution in [0.1, 0.15) is 6.92 Å². The lowest BCUT2D eigenvalue weighted by atomic mass is 10.3. The van der Waals surface area contributed by atoms with Crippen molar-refractivity contribution in [3.05, 3.63) is 24.3 Å². The molecular formula is C10H17N3. The number of hydrazone groups is 1. The van der Waals surface area contributed by atoms with Gasteiger partial charge in [-0.1, -0.05) is 18.7 Å². The summed E-state index contributed by atoms with van der Waals surface area (Å²) in [4.78, 5) is 0. The Labute approximate surface area is 79.8 Å². The van der Waals surface area contributed by atoms with E-state index in [9.17, 15) is 0 Å². The number of piperazine rings is 1. The second-order valence-corrected chi connectivity index (χ2v) is 3.09. The van der Waals surface area contributed by atoms with E-state index in [0.29, 0.717) is 0 Å². The van der Waals surface area contributed by atoms with Crippen molar-refractivity contribution in [1.29, 1.82) is 0 Å². The zero-order valence-electron chi connectivity index (χ0n) is 8.16. The molecule has 0 aromatic carbocycles.